The summed E-state index contributed by atoms with van der Waals surface area (Å²) in [7, 11) is 0. The van der Waals surface area contributed by atoms with Gasteiger partial charge in [-0.3, -0.25) is 19.7 Å². The zero-order chi connectivity index (χ0) is 15.8. The fraction of sp³-hybridized carbons (Fsp3) is 0.385. The van der Waals surface area contributed by atoms with Gasteiger partial charge in [-0.25, -0.2) is 0 Å². The first-order chi connectivity index (χ1) is 10.0. The molecule has 2 amide bonds. The van der Waals surface area contributed by atoms with E-state index in [1.165, 1.54) is 12.1 Å². The Kier molecular flexibility index (Phi) is 6.12. The predicted molar refractivity (Wildman–Crippen MR) is 78.3 cm³/mol. The molecule has 1 aromatic rings. The number of carbonyl (C=O) groups excluding carboxylic acids is 2. The lowest BCUT2D eigenvalue weighted by Crippen LogP contribution is -2.37. The molecule has 0 aromatic heterocycles. The molecule has 0 saturated carbocycles. The highest BCUT2D eigenvalue weighted by Crippen LogP contribution is 2.28. The summed E-state index contributed by atoms with van der Waals surface area (Å²) in [5.41, 5.74) is -0.108. The van der Waals surface area contributed by atoms with Gasteiger partial charge in [0.05, 0.1) is 11.5 Å². The van der Waals surface area contributed by atoms with E-state index in [1.54, 1.807) is 19.9 Å². The van der Waals surface area contributed by atoms with E-state index >= 15 is 0 Å². The molecule has 0 heterocycles. The standard InChI is InChI=1S/C13H18N4O4/c1-3-14-10-7-5-6-9(12(10)17(20)21)13(19)16-8-11(18)15-4-2/h5-7,14H,3-4,8H2,1-2H3,(H,15,18)(H,16,19). The molecule has 0 saturated heterocycles. The normalized spacial score (nSPS) is 9.81. The summed E-state index contributed by atoms with van der Waals surface area (Å²) in [4.78, 5) is 33.9. The van der Waals surface area contributed by atoms with Crippen LogP contribution in [0.15, 0.2) is 18.2 Å². The quantitative estimate of drug-likeness (QED) is 0.510. The number of nitrogens with zero attached hydrogens (tertiary/aromatic N) is 1. The molecule has 0 spiro atoms. The molecule has 0 aliphatic rings. The minimum Gasteiger partial charge on any atom is -0.380 e. The van der Waals surface area contributed by atoms with Crippen molar-refractivity contribution in [1.29, 1.82) is 0 Å². The van der Waals surface area contributed by atoms with Crippen LogP contribution in [0.1, 0.15) is 24.2 Å². The van der Waals surface area contributed by atoms with Crippen LogP contribution >= 0.6 is 0 Å². The first-order valence-corrected chi connectivity index (χ1v) is 6.57. The van der Waals surface area contributed by atoms with Gasteiger partial charge in [0.1, 0.15) is 11.3 Å². The number of benzene rings is 1. The maximum atomic E-state index is 12.0. The van der Waals surface area contributed by atoms with Crippen LogP contribution in [0.4, 0.5) is 11.4 Å². The third-order valence-corrected chi connectivity index (χ3v) is 2.61. The van der Waals surface area contributed by atoms with E-state index in [-0.39, 0.29) is 29.4 Å². The summed E-state index contributed by atoms with van der Waals surface area (Å²) in [6, 6.07) is 4.43. The smallest absolute Gasteiger partial charge is 0.305 e. The van der Waals surface area contributed by atoms with E-state index < -0.39 is 10.8 Å². The summed E-state index contributed by atoms with van der Waals surface area (Å²) in [5, 5.41) is 18.9. The van der Waals surface area contributed by atoms with E-state index in [2.05, 4.69) is 16.0 Å². The average Bonchev–Trinajstić information content (AvgIpc) is 2.45. The minimum absolute atomic E-state index is 0.0808. The number of rotatable bonds is 7. The fourth-order valence-electron chi connectivity index (χ4n) is 1.77. The Bertz CT molecular complexity index is 545. The van der Waals surface area contributed by atoms with Crippen LogP contribution in [0.5, 0.6) is 0 Å². The number of amides is 2. The molecular weight excluding hydrogens is 276 g/mol. The molecule has 0 atom stereocenters. The molecule has 21 heavy (non-hydrogen) atoms. The van der Waals surface area contributed by atoms with Crippen LogP contribution in [0.2, 0.25) is 0 Å². The molecule has 0 aliphatic heterocycles. The Labute approximate surface area is 122 Å². The lowest BCUT2D eigenvalue weighted by molar-refractivity contribution is -0.384. The fourth-order valence-corrected chi connectivity index (χ4v) is 1.77. The van der Waals surface area contributed by atoms with Crippen molar-refractivity contribution in [2.24, 2.45) is 0 Å². The number of anilines is 1. The van der Waals surface area contributed by atoms with Crippen molar-refractivity contribution in [3.05, 3.63) is 33.9 Å². The number of hydrogen-bond acceptors (Lipinski definition) is 5. The van der Waals surface area contributed by atoms with Gasteiger partial charge in [-0.1, -0.05) is 6.07 Å². The number of para-hydroxylation sites is 1. The summed E-state index contributed by atoms with van der Waals surface area (Å²) >= 11 is 0. The molecule has 1 aromatic carbocycles. The molecule has 0 aliphatic carbocycles. The van der Waals surface area contributed by atoms with Crippen molar-refractivity contribution >= 4 is 23.2 Å². The second-order valence-electron chi connectivity index (χ2n) is 4.13. The van der Waals surface area contributed by atoms with Crippen LogP contribution in [0.25, 0.3) is 0 Å². The monoisotopic (exact) mass is 294 g/mol. The summed E-state index contributed by atoms with van der Waals surface area (Å²) in [6.45, 7) is 4.26. The predicted octanol–water partition coefficient (Wildman–Crippen LogP) is 0.892. The highest BCUT2D eigenvalue weighted by atomic mass is 16.6. The zero-order valence-corrected chi connectivity index (χ0v) is 11.9. The number of hydrogen-bond donors (Lipinski definition) is 3. The van der Waals surface area contributed by atoms with Gasteiger partial charge in [0.15, 0.2) is 0 Å². The third kappa shape index (κ3) is 4.44. The number of likely N-dealkylation sites (N-methyl/N-ethyl adjacent to an activating group) is 1. The van der Waals surface area contributed by atoms with E-state index in [0.29, 0.717) is 13.1 Å². The Morgan fingerprint density at radius 2 is 1.90 bits per heavy atom. The van der Waals surface area contributed by atoms with Crippen molar-refractivity contribution in [3.63, 3.8) is 0 Å². The molecule has 8 heteroatoms. The molecule has 0 radical (unpaired) electrons. The zero-order valence-electron chi connectivity index (χ0n) is 11.9. The molecule has 8 nitrogen and oxygen atoms in total. The van der Waals surface area contributed by atoms with Gasteiger partial charge in [0, 0.05) is 13.1 Å². The van der Waals surface area contributed by atoms with Crippen molar-refractivity contribution in [3.8, 4) is 0 Å². The molecule has 114 valence electrons. The van der Waals surface area contributed by atoms with Gasteiger partial charge in [0.25, 0.3) is 5.91 Å². The second-order valence-corrected chi connectivity index (χ2v) is 4.13. The molecule has 0 bridgehead atoms. The van der Waals surface area contributed by atoms with Gasteiger partial charge in [-0.2, -0.15) is 0 Å². The summed E-state index contributed by atoms with van der Waals surface area (Å²) < 4.78 is 0. The van der Waals surface area contributed by atoms with Crippen LogP contribution in [0.3, 0.4) is 0 Å². The first kappa shape index (κ1) is 16.4. The number of nitrogens with one attached hydrogen (secondary N) is 3. The summed E-state index contributed by atoms with van der Waals surface area (Å²) in [5.74, 6) is -1.01. The van der Waals surface area contributed by atoms with Gasteiger partial charge < -0.3 is 16.0 Å². The number of nitro benzene ring substituents is 1. The maximum absolute atomic E-state index is 12.0. The lowest BCUT2D eigenvalue weighted by Gasteiger charge is -2.09. The molecule has 0 unspecified atom stereocenters. The van der Waals surface area contributed by atoms with E-state index in [4.69, 9.17) is 0 Å². The van der Waals surface area contributed by atoms with E-state index in [1.807, 2.05) is 0 Å². The van der Waals surface area contributed by atoms with Crippen LogP contribution < -0.4 is 16.0 Å². The van der Waals surface area contributed by atoms with E-state index in [9.17, 15) is 19.7 Å². The molecule has 1 rings (SSSR count). The average molecular weight is 294 g/mol. The van der Waals surface area contributed by atoms with E-state index in [0.717, 1.165) is 0 Å². The molecule has 0 fully saturated rings. The topological polar surface area (TPSA) is 113 Å². The third-order valence-electron chi connectivity index (χ3n) is 2.61. The highest BCUT2D eigenvalue weighted by molar-refractivity contribution is 6.01. The van der Waals surface area contributed by atoms with Gasteiger partial charge in [-0.15, -0.1) is 0 Å². The van der Waals surface area contributed by atoms with Crippen LogP contribution in [0, 0.1) is 10.1 Å². The Balaban J connectivity index is 2.95. The van der Waals surface area contributed by atoms with Crippen molar-refractivity contribution < 1.29 is 14.5 Å². The first-order valence-electron chi connectivity index (χ1n) is 6.57. The SMILES string of the molecule is CCNC(=O)CNC(=O)c1cccc(NCC)c1[N+](=O)[O-]. The highest BCUT2D eigenvalue weighted by Gasteiger charge is 2.24. The van der Waals surface area contributed by atoms with Crippen molar-refractivity contribution in [2.75, 3.05) is 25.0 Å². The molecular formula is C13H18N4O4. The van der Waals surface area contributed by atoms with Crippen molar-refractivity contribution in [2.45, 2.75) is 13.8 Å². The van der Waals surface area contributed by atoms with Crippen LogP contribution in [-0.4, -0.2) is 36.4 Å². The minimum atomic E-state index is -0.660. The van der Waals surface area contributed by atoms with Gasteiger partial charge >= 0.3 is 5.69 Å². The molecule has 3 N–H and O–H groups in total. The van der Waals surface area contributed by atoms with Gasteiger partial charge in [0.2, 0.25) is 5.91 Å². The number of nitro groups is 1. The van der Waals surface area contributed by atoms with Crippen molar-refractivity contribution in [1.82, 2.24) is 10.6 Å². The lowest BCUT2D eigenvalue weighted by atomic mass is 10.1. The second kappa shape index (κ2) is 7.83. The Morgan fingerprint density at radius 1 is 1.19 bits per heavy atom. The van der Waals surface area contributed by atoms with Crippen LogP contribution in [-0.2, 0) is 4.79 Å². The largest absolute Gasteiger partial charge is 0.380 e. The Hall–Kier alpha value is -2.64. The number of carbonyl (C=O) groups is 2. The summed E-state index contributed by atoms with van der Waals surface area (Å²) in [6.07, 6.45) is 0. The van der Waals surface area contributed by atoms with Gasteiger partial charge in [-0.05, 0) is 26.0 Å². The maximum Gasteiger partial charge on any atom is 0.305 e. The Morgan fingerprint density at radius 3 is 2.48 bits per heavy atom.